The van der Waals surface area contributed by atoms with Crippen LogP contribution < -0.4 is 10.5 Å². The second-order valence-corrected chi connectivity index (χ2v) is 4.90. The van der Waals surface area contributed by atoms with Gasteiger partial charge in [-0.1, -0.05) is 0 Å². The van der Waals surface area contributed by atoms with Crippen molar-refractivity contribution in [2.45, 2.75) is 26.0 Å². The largest absolute Gasteiger partial charge is 0.489 e. The number of pyridine rings is 1. The Bertz CT molecular complexity index is 624. The Morgan fingerprint density at radius 2 is 1.62 bits per heavy atom. The summed E-state index contributed by atoms with van der Waals surface area (Å²) in [4.78, 5) is 3.98. The summed E-state index contributed by atoms with van der Waals surface area (Å²) in [5.74, 6) is -3.56. The van der Waals surface area contributed by atoms with Crippen molar-refractivity contribution < 1.29 is 17.9 Å². The Morgan fingerprint density at radius 3 is 2.19 bits per heavy atom. The van der Waals surface area contributed by atoms with Crippen molar-refractivity contribution in [2.24, 2.45) is 5.73 Å². The van der Waals surface area contributed by atoms with Gasteiger partial charge in [-0.3, -0.25) is 4.98 Å². The second-order valence-electron chi connectivity index (χ2n) is 4.90. The first kappa shape index (κ1) is 15.3. The molecule has 0 fully saturated rings. The zero-order chi connectivity index (χ0) is 15.6. The number of hydrogen-bond donors (Lipinski definition) is 1. The van der Waals surface area contributed by atoms with E-state index < -0.39 is 23.5 Å². The van der Waals surface area contributed by atoms with Gasteiger partial charge >= 0.3 is 0 Å². The van der Waals surface area contributed by atoms with Crippen molar-refractivity contribution in [1.29, 1.82) is 0 Å². The van der Waals surface area contributed by atoms with E-state index in [9.17, 15) is 13.2 Å². The van der Waals surface area contributed by atoms with Gasteiger partial charge in [0.15, 0.2) is 17.5 Å². The summed E-state index contributed by atoms with van der Waals surface area (Å²) >= 11 is 0. The van der Waals surface area contributed by atoms with E-state index in [0.717, 1.165) is 12.1 Å². The monoisotopic (exact) mass is 296 g/mol. The molecule has 1 aromatic carbocycles. The van der Waals surface area contributed by atoms with Crippen LogP contribution in [0.1, 0.15) is 31.0 Å². The summed E-state index contributed by atoms with van der Waals surface area (Å²) in [5.41, 5.74) is 6.59. The number of rotatable bonds is 4. The minimum atomic E-state index is -1.51. The molecule has 1 unspecified atom stereocenters. The highest BCUT2D eigenvalue weighted by Gasteiger charge is 2.17. The molecule has 1 atom stereocenters. The third kappa shape index (κ3) is 3.52. The molecule has 2 N–H and O–H groups in total. The minimum Gasteiger partial charge on any atom is -0.489 e. The molecule has 2 rings (SSSR count). The van der Waals surface area contributed by atoms with Crippen molar-refractivity contribution >= 4 is 0 Å². The molecule has 21 heavy (non-hydrogen) atoms. The summed E-state index contributed by atoms with van der Waals surface area (Å²) in [6.45, 7) is 3.72. The van der Waals surface area contributed by atoms with Gasteiger partial charge in [-0.05, 0) is 43.2 Å². The van der Waals surface area contributed by atoms with Gasteiger partial charge in [-0.25, -0.2) is 13.2 Å². The first-order valence-electron chi connectivity index (χ1n) is 6.40. The molecule has 0 saturated heterocycles. The van der Waals surface area contributed by atoms with E-state index in [1.54, 1.807) is 6.07 Å². The fraction of sp³-hybridized carbons (Fsp3) is 0.267. The number of benzene rings is 1. The van der Waals surface area contributed by atoms with Crippen LogP contribution in [0.4, 0.5) is 13.2 Å². The fourth-order valence-electron chi connectivity index (χ4n) is 1.89. The van der Waals surface area contributed by atoms with Crippen LogP contribution in [-0.2, 0) is 0 Å². The van der Waals surface area contributed by atoms with Gasteiger partial charge in [0.1, 0.15) is 5.75 Å². The number of halogens is 3. The lowest BCUT2D eigenvalue weighted by Crippen LogP contribution is -2.14. The van der Waals surface area contributed by atoms with Gasteiger partial charge < -0.3 is 10.5 Å². The van der Waals surface area contributed by atoms with Crippen LogP contribution in [0.5, 0.6) is 5.75 Å². The Labute approximate surface area is 120 Å². The summed E-state index contributed by atoms with van der Waals surface area (Å²) in [5, 5.41) is 0. The van der Waals surface area contributed by atoms with Gasteiger partial charge in [-0.2, -0.15) is 0 Å². The van der Waals surface area contributed by atoms with Crippen molar-refractivity contribution in [2.75, 3.05) is 0 Å². The van der Waals surface area contributed by atoms with Gasteiger partial charge in [0, 0.05) is 6.20 Å². The lowest BCUT2D eigenvalue weighted by atomic mass is 10.0. The molecule has 0 radical (unpaired) electrons. The Kier molecular flexibility index (Phi) is 4.47. The van der Waals surface area contributed by atoms with E-state index >= 15 is 0 Å². The zero-order valence-corrected chi connectivity index (χ0v) is 11.6. The molecule has 0 aliphatic rings. The van der Waals surface area contributed by atoms with E-state index in [1.165, 1.54) is 12.4 Å². The first-order valence-corrected chi connectivity index (χ1v) is 6.40. The van der Waals surface area contributed by atoms with E-state index in [2.05, 4.69) is 4.98 Å². The number of ether oxygens (including phenoxy) is 1. The highest BCUT2D eigenvalue weighted by atomic mass is 19.2. The van der Waals surface area contributed by atoms with E-state index in [1.807, 2.05) is 13.8 Å². The number of hydrogen-bond acceptors (Lipinski definition) is 3. The Hall–Kier alpha value is -2.08. The predicted octanol–water partition coefficient (Wildman–Crippen LogP) is 3.33. The fourth-order valence-corrected chi connectivity index (χ4v) is 1.89. The molecule has 0 saturated carbocycles. The van der Waals surface area contributed by atoms with E-state index in [0.29, 0.717) is 11.3 Å². The van der Waals surface area contributed by atoms with Crippen LogP contribution >= 0.6 is 0 Å². The third-order valence-corrected chi connectivity index (χ3v) is 2.83. The highest BCUT2D eigenvalue weighted by Crippen LogP contribution is 2.25. The van der Waals surface area contributed by atoms with Gasteiger partial charge in [-0.15, -0.1) is 0 Å². The SMILES string of the molecule is CC(C)Oc1cncc(C(N)c2cc(F)c(F)c(F)c2)c1. The molecule has 0 spiro atoms. The minimum absolute atomic E-state index is 0.0426. The summed E-state index contributed by atoms with van der Waals surface area (Å²) in [6.07, 6.45) is 2.94. The van der Waals surface area contributed by atoms with Crippen LogP contribution in [0.25, 0.3) is 0 Å². The maximum Gasteiger partial charge on any atom is 0.194 e. The molecule has 0 amide bonds. The molecule has 3 nitrogen and oxygen atoms in total. The average molecular weight is 296 g/mol. The molecule has 0 aliphatic heterocycles. The molecule has 0 bridgehead atoms. The van der Waals surface area contributed by atoms with Crippen molar-refractivity contribution in [3.8, 4) is 5.75 Å². The Morgan fingerprint density at radius 1 is 1.00 bits per heavy atom. The average Bonchev–Trinajstić information content (AvgIpc) is 2.43. The Balaban J connectivity index is 2.33. The van der Waals surface area contributed by atoms with E-state index in [4.69, 9.17) is 10.5 Å². The molecular formula is C15H15F3N2O. The standard InChI is InChI=1S/C15H15F3N2O/c1-8(2)21-11-3-10(6-20-7-11)15(19)9-4-12(16)14(18)13(17)5-9/h3-8,15H,19H2,1-2H3. The lowest BCUT2D eigenvalue weighted by Gasteiger charge is -2.15. The van der Waals surface area contributed by atoms with E-state index in [-0.39, 0.29) is 11.7 Å². The topological polar surface area (TPSA) is 48.1 Å². The molecule has 0 aliphatic carbocycles. The van der Waals surface area contributed by atoms with Crippen molar-refractivity contribution in [1.82, 2.24) is 4.98 Å². The summed E-state index contributed by atoms with van der Waals surface area (Å²) < 4.78 is 45.0. The van der Waals surface area contributed by atoms with Gasteiger partial charge in [0.25, 0.3) is 0 Å². The lowest BCUT2D eigenvalue weighted by molar-refractivity contribution is 0.241. The van der Waals surface area contributed by atoms with Crippen LogP contribution in [0.15, 0.2) is 30.6 Å². The van der Waals surface area contributed by atoms with Crippen LogP contribution in [0, 0.1) is 17.5 Å². The zero-order valence-electron chi connectivity index (χ0n) is 11.6. The molecule has 1 heterocycles. The maximum absolute atomic E-state index is 13.3. The van der Waals surface area contributed by atoms with Gasteiger partial charge in [0.05, 0.1) is 18.3 Å². The molecular weight excluding hydrogens is 281 g/mol. The summed E-state index contributed by atoms with van der Waals surface area (Å²) in [7, 11) is 0. The van der Waals surface area contributed by atoms with Crippen LogP contribution in [0.3, 0.4) is 0 Å². The smallest absolute Gasteiger partial charge is 0.194 e. The van der Waals surface area contributed by atoms with Crippen LogP contribution in [0.2, 0.25) is 0 Å². The van der Waals surface area contributed by atoms with Crippen LogP contribution in [-0.4, -0.2) is 11.1 Å². The van der Waals surface area contributed by atoms with Crippen molar-refractivity contribution in [3.63, 3.8) is 0 Å². The number of nitrogens with two attached hydrogens (primary N) is 1. The third-order valence-electron chi connectivity index (χ3n) is 2.83. The maximum atomic E-state index is 13.3. The van der Waals surface area contributed by atoms with Gasteiger partial charge in [0.2, 0.25) is 0 Å². The molecule has 2 aromatic rings. The predicted molar refractivity (Wildman–Crippen MR) is 72.3 cm³/mol. The second kappa shape index (κ2) is 6.13. The molecule has 1 aromatic heterocycles. The quantitative estimate of drug-likeness (QED) is 0.880. The first-order chi connectivity index (χ1) is 9.88. The van der Waals surface area contributed by atoms with Crippen molar-refractivity contribution in [3.05, 3.63) is 59.2 Å². The number of nitrogens with zero attached hydrogens (tertiary/aromatic N) is 1. The highest BCUT2D eigenvalue weighted by molar-refractivity contribution is 5.34. The number of aromatic nitrogens is 1. The summed E-state index contributed by atoms with van der Waals surface area (Å²) in [6, 6.07) is 2.55. The molecule has 112 valence electrons. The normalized spacial score (nSPS) is 12.5. The molecule has 6 heteroatoms.